The molecule has 112 valence electrons. The number of carbonyl (C=O) groups excluding carboxylic acids is 1. The maximum Gasteiger partial charge on any atom is 0.140 e. The van der Waals surface area contributed by atoms with Crippen molar-refractivity contribution in [2.75, 3.05) is 19.8 Å². The molecule has 0 aromatic rings. The van der Waals surface area contributed by atoms with E-state index in [-0.39, 0.29) is 11.5 Å². The molecule has 1 spiro atoms. The largest absolute Gasteiger partial charge is 0.381 e. The maximum absolute atomic E-state index is 12.6. The van der Waals surface area contributed by atoms with Crippen molar-refractivity contribution < 1.29 is 14.3 Å². The third-order valence-corrected chi connectivity index (χ3v) is 5.14. The second-order valence-corrected chi connectivity index (χ2v) is 6.58. The van der Waals surface area contributed by atoms with E-state index in [2.05, 4.69) is 6.08 Å². The average Bonchev–Trinajstić information content (AvgIpc) is 2.49. The Morgan fingerprint density at radius 1 is 1.25 bits per heavy atom. The molecule has 0 aromatic carbocycles. The minimum absolute atomic E-state index is 0.0578. The van der Waals surface area contributed by atoms with Gasteiger partial charge in [0.25, 0.3) is 0 Å². The van der Waals surface area contributed by atoms with Gasteiger partial charge in [0.1, 0.15) is 5.78 Å². The Morgan fingerprint density at radius 3 is 2.85 bits per heavy atom. The molecule has 1 unspecified atom stereocenters. The van der Waals surface area contributed by atoms with Gasteiger partial charge in [0, 0.05) is 32.2 Å². The number of allylic oxidation sites excluding steroid dienone is 2. The molecule has 3 nitrogen and oxygen atoms in total. The third-order valence-electron chi connectivity index (χ3n) is 5.14. The fourth-order valence-electron chi connectivity index (χ4n) is 3.83. The van der Waals surface area contributed by atoms with Crippen LogP contribution in [0.4, 0.5) is 0 Å². The predicted molar refractivity (Wildman–Crippen MR) is 77.6 cm³/mol. The third kappa shape index (κ3) is 3.32. The van der Waals surface area contributed by atoms with Crippen LogP contribution in [0.1, 0.15) is 57.8 Å². The van der Waals surface area contributed by atoms with Gasteiger partial charge in [-0.15, -0.1) is 0 Å². The number of ether oxygens (including phenoxy) is 2. The van der Waals surface area contributed by atoms with Gasteiger partial charge >= 0.3 is 0 Å². The number of hydrogen-bond donors (Lipinski definition) is 0. The van der Waals surface area contributed by atoms with Crippen LogP contribution in [0.5, 0.6) is 0 Å². The van der Waals surface area contributed by atoms with Crippen molar-refractivity contribution in [3.05, 3.63) is 11.6 Å². The van der Waals surface area contributed by atoms with Crippen molar-refractivity contribution in [3.63, 3.8) is 0 Å². The number of carbonyl (C=O) groups is 1. The van der Waals surface area contributed by atoms with Crippen LogP contribution in [-0.2, 0) is 14.3 Å². The van der Waals surface area contributed by atoms with Gasteiger partial charge in [0.2, 0.25) is 0 Å². The quantitative estimate of drug-likeness (QED) is 0.742. The summed E-state index contributed by atoms with van der Waals surface area (Å²) in [5, 5.41) is 0. The fourth-order valence-corrected chi connectivity index (χ4v) is 3.83. The highest BCUT2D eigenvalue weighted by atomic mass is 16.5. The van der Waals surface area contributed by atoms with Gasteiger partial charge in [-0.1, -0.05) is 11.6 Å². The zero-order valence-electron chi connectivity index (χ0n) is 12.4. The molecule has 0 bridgehead atoms. The first-order valence-electron chi connectivity index (χ1n) is 8.20. The van der Waals surface area contributed by atoms with Gasteiger partial charge in [-0.2, -0.15) is 0 Å². The number of rotatable bonds is 3. The van der Waals surface area contributed by atoms with Crippen molar-refractivity contribution in [1.29, 1.82) is 0 Å². The highest BCUT2D eigenvalue weighted by Gasteiger charge is 2.40. The molecule has 2 heterocycles. The molecule has 3 heteroatoms. The molecule has 0 radical (unpaired) electrons. The van der Waals surface area contributed by atoms with E-state index in [1.165, 1.54) is 18.4 Å². The number of hydrogen-bond acceptors (Lipinski definition) is 3. The Labute approximate surface area is 121 Å². The van der Waals surface area contributed by atoms with E-state index in [0.29, 0.717) is 12.2 Å². The van der Waals surface area contributed by atoms with Gasteiger partial charge in [-0.25, -0.2) is 0 Å². The lowest BCUT2D eigenvalue weighted by molar-refractivity contribution is -0.156. The van der Waals surface area contributed by atoms with Crippen molar-refractivity contribution >= 4 is 5.78 Å². The highest BCUT2D eigenvalue weighted by Crippen LogP contribution is 2.38. The molecule has 1 atom stereocenters. The van der Waals surface area contributed by atoms with Crippen LogP contribution < -0.4 is 0 Å². The summed E-state index contributed by atoms with van der Waals surface area (Å²) >= 11 is 0. The van der Waals surface area contributed by atoms with E-state index in [0.717, 1.165) is 58.3 Å². The van der Waals surface area contributed by atoms with Crippen LogP contribution in [0.15, 0.2) is 11.6 Å². The molecule has 20 heavy (non-hydrogen) atoms. The zero-order chi connectivity index (χ0) is 13.8. The molecule has 1 aliphatic carbocycles. The van der Waals surface area contributed by atoms with Crippen LogP contribution in [0.2, 0.25) is 0 Å². The van der Waals surface area contributed by atoms with E-state index in [9.17, 15) is 4.79 Å². The first-order valence-corrected chi connectivity index (χ1v) is 8.20. The Morgan fingerprint density at radius 2 is 2.10 bits per heavy atom. The van der Waals surface area contributed by atoms with Crippen LogP contribution >= 0.6 is 0 Å². The summed E-state index contributed by atoms with van der Waals surface area (Å²) in [4.78, 5) is 12.6. The van der Waals surface area contributed by atoms with Gasteiger partial charge in [-0.05, 0) is 51.4 Å². The molecule has 2 saturated heterocycles. The topological polar surface area (TPSA) is 35.5 Å². The molecule has 0 amide bonds. The van der Waals surface area contributed by atoms with Gasteiger partial charge in [0.15, 0.2) is 0 Å². The Hall–Kier alpha value is -0.670. The normalized spacial score (nSPS) is 30.0. The predicted octanol–water partition coefficient (Wildman–Crippen LogP) is 3.42. The molecular weight excluding hydrogens is 252 g/mol. The lowest BCUT2D eigenvalue weighted by Gasteiger charge is -2.43. The smallest absolute Gasteiger partial charge is 0.140 e. The monoisotopic (exact) mass is 278 g/mol. The molecule has 3 rings (SSSR count). The fraction of sp³-hybridized carbons (Fsp3) is 0.824. The van der Waals surface area contributed by atoms with Gasteiger partial charge in [-0.3, -0.25) is 4.79 Å². The van der Waals surface area contributed by atoms with E-state index >= 15 is 0 Å². The average molecular weight is 278 g/mol. The SMILES string of the molecule is O=C(CC1=CCCCC1)C1CCOC2(CCOCC2)C1. The van der Waals surface area contributed by atoms with Crippen LogP contribution in [-0.4, -0.2) is 31.2 Å². The Kier molecular flexibility index (Phi) is 4.57. The summed E-state index contributed by atoms with van der Waals surface area (Å²) in [5.41, 5.74) is 1.33. The summed E-state index contributed by atoms with van der Waals surface area (Å²) in [7, 11) is 0. The van der Waals surface area contributed by atoms with E-state index in [1.807, 2.05) is 0 Å². The Balaban J connectivity index is 1.58. The first-order chi connectivity index (χ1) is 9.77. The minimum Gasteiger partial charge on any atom is -0.381 e. The molecule has 3 aliphatic rings. The highest BCUT2D eigenvalue weighted by molar-refractivity contribution is 5.83. The van der Waals surface area contributed by atoms with Crippen molar-refractivity contribution in [3.8, 4) is 0 Å². The lowest BCUT2D eigenvalue weighted by Crippen LogP contribution is -2.45. The molecule has 0 saturated carbocycles. The molecule has 2 fully saturated rings. The Bertz CT molecular complexity index is 374. The lowest BCUT2D eigenvalue weighted by atomic mass is 9.77. The molecule has 2 aliphatic heterocycles. The van der Waals surface area contributed by atoms with Crippen LogP contribution in [0.25, 0.3) is 0 Å². The summed E-state index contributed by atoms with van der Waals surface area (Å²) < 4.78 is 11.5. The zero-order valence-corrected chi connectivity index (χ0v) is 12.4. The second kappa shape index (κ2) is 6.40. The second-order valence-electron chi connectivity index (χ2n) is 6.58. The van der Waals surface area contributed by atoms with E-state index in [1.54, 1.807) is 0 Å². The van der Waals surface area contributed by atoms with Crippen LogP contribution in [0.3, 0.4) is 0 Å². The summed E-state index contributed by atoms with van der Waals surface area (Å²) in [6, 6.07) is 0. The summed E-state index contributed by atoms with van der Waals surface area (Å²) in [5.74, 6) is 0.664. The number of ketones is 1. The summed E-state index contributed by atoms with van der Waals surface area (Å²) in [6.07, 6.45) is 11.6. The van der Waals surface area contributed by atoms with E-state index < -0.39 is 0 Å². The number of Topliss-reactive ketones (excluding diaryl/α,β-unsaturated/α-hetero) is 1. The summed E-state index contributed by atoms with van der Waals surface area (Å²) in [6.45, 7) is 2.31. The molecule has 0 aromatic heterocycles. The van der Waals surface area contributed by atoms with Crippen molar-refractivity contribution in [2.24, 2.45) is 5.92 Å². The van der Waals surface area contributed by atoms with Crippen LogP contribution in [0, 0.1) is 5.92 Å². The van der Waals surface area contributed by atoms with Gasteiger partial charge in [0.05, 0.1) is 5.60 Å². The standard InChI is InChI=1S/C17H26O3/c18-16(12-14-4-2-1-3-5-14)15-6-9-20-17(13-15)7-10-19-11-8-17/h4,15H,1-3,5-13H2. The van der Waals surface area contributed by atoms with Gasteiger partial charge < -0.3 is 9.47 Å². The van der Waals surface area contributed by atoms with E-state index in [4.69, 9.17) is 9.47 Å². The molecule has 0 N–H and O–H groups in total. The van der Waals surface area contributed by atoms with Crippen molar-refractivity contribution in [2.45, 2.75) is 63.4 Å². The van der Waals surface area contributed by atoms with Crippen molar-refractivity contribution in [1.82, 2.24) is 0 Å². The first kappa shape index (κ1) is 14.3. The maximum atomic E-state index is 12.6. The minimum atomic E-state index is -0.0578. The molecular formula is C17H26O3.